The summed E-state index contributed by atoms with van der Waals surface area (Å²) in [4.78, 5) is 27.9. The summed E-state index contributed by atoms with van der Waals surface area (Å²) in [5.74, 6) is -0.551. The molecular formula is C27H25NO4. The van der Waals surface area contributed by atoms with E-state index in [0.717, 1.165) is 5.69 Å². The number of carbonyl (C=O) groups is 2. The molecule has 0 aliphatic carbocycles. The first kappa shape index (κ1) is 20.3. The van der Waals surface area contributed by atoms with E-state index in [1.807, 2.05) is 18.2 Å². The molecule has 2 bridgehead atoms. The molecule has 2 aliphatic rings. The van der Waals surface area contributed by atoms with Crippen molar-refractivity contribution in [1.29, 1.82) is 0 Å². The Labute approximate surface area is 187 Å². The fourth-order valence-corrected chi connectivity index (χ4v) is 4.80. The zero-order chi connectivity index (χ0) is 22.2. The highest BCUT2D eigenvalue weighted by molar-refractivity contribution is 5.91. The summed E-state index contributed by atoms with van der Waals surface area (Å²) in [6.07, 6.45) is -1.25. The van der Waals surface area contributed by atoms with Crippen molar-refractivity contribution in [3.8, 4) is 0 Å². The van der Waals surface area contributed by atoms with Gasteiger partial charge in [-0.3, -0.25) is 0 Å². The molecule has 3 aromatic rings. The molecular weight excluding hydrogens is 402 g/mol. The molecule has 3 atom stereocenters. The quantitative estimate of drug-likeness (QED) is 0.528. The van der Waals surface area contributed by atoms with Gasteiger partial charge in [-0.25, -0.2) is 9.59 Å². The van der Waals surface area contributed by atoms with E-state index in [4.69, 9.17) is 9.47 Å². The third kappa shape index (κ3) is 3.44. The smallest absolute Gasteiger partial charge is 0.340 e. The number of nitrogens with zero attached hydrogens (tertiary/aromatic N) is 1. The number of esters is 2. The first-order valence-corrected chi connectivity index (χ1v) is 11.0. The normalized spacial score (nSPS) is 20.8. The van der Waals surface area contributed by atoms with Crippen LogP contribution in [0.3, 0.4) is 0 Å². The molecule has 0 saturated carbocycles. The summed E-state index contributed by atoms with van der Waals surface area (Å²) in [5.41, 5.74) is 4.44. The monoisotopic (exact) mass is 427 g/mol. The Morgan fingerprint density at radius 2 is 1.41 bits per heavy atom. The fourth-order valence-electron chi connectivity index (χ4n) is 4.80. The van der Waals surface area contributed by atoms with Crippen molar-refractivity contribution < 1.29 is 19.1 Å². The van der Waals surface area contributed by atoms with Gasteiger partial charge in [-0.2, -0.15) is 0 Å². The van der Waals surface area contributed by atoms with Gasteiger partial charge in [0.25, 0.3) is 0 Å². The maximum Gasteiger partial charge on any atom is 0.340 e. The standard InChI is InChI=1S/C27H25NO4/c1-17(2)20-14-9-15-22-23(20)21-16-28(22)25(32-27(30)19-12-7-4-8-13-19)24(21)31-26(29)18-10-5-3-6-11-18/h3-15,17,21,24-25H,16H2,1-2H3. The van der Waals surface area contributed by atoms with Crippen LogP contribution >= 0.6 is 0 Å². The summed E-state index contributed by atoms with van der Waals surface area (Å²) < 4.78 is 12.0. The second kappa shape index (κ2) is 8.15. The van der Waals surface area contributed by atoms with Crippen molar-refractivity contribution in [3.63, 3.8) is 0 Å². The minimum absolute atomic E-state index is 0.0511. The number of benzene rings is 3. The summed E-state index contributed by atoms with van der Waals surface area (Å²) in [5, 5.41) is 0. The molecule has 0 radical (unpaired) electrons. The number of rotatable bonds is 5. The Morgan fingerprint density at radius 3 is 2.00 bits per heavy atom. The highest BCUT2D eigenvalue weighted by Gasteiger charge is 2.54. The Hall–Kier alpha value is -3.60. The summed E-state index contributed by atoms with van der Waals surface area (Å²) in [7, 11) is 0. The predicted molar refractivity (Wildman–Crippen MR) is 122 cm³/mol. The lowest BCUT2D eigenvalue weighted by Crippen LogP contribution is -2.44. The second-order valence-corrected chi connectivity index (χ2v) is 8.59. The molecule has 162 valence electrons. The van der Waals surface area contributed by atoms with E-state index < -0.39 is 24.3 Å². The minimum atomic E-state index is -0.671. The number of hydrogen-bond donors (Lipinski definition) is 0. The van der Waals surface area contributed by atoms with Crippen LogP contribution in [0.25, 0.3) is 0 Å². The Balaban J connectivity index is 1.50. The van der Waals surface area contributed by atoms with Crippen LogP contribution in [0.5, 0.6) is 0 Å². The zero-order valence-corrected chi connectivity index (χ0v) is 18.1. The third-order valence-electron chi connectivity index (χ3n) is 6.29. The summed E-state index contributed by atoms with van der Waals surface area (Å²) in [6.45, 7) is 4.97. The minimum Gasteiger partial charge on any atom is -0.452 e. The maximum absolute atomic E-state index is 12.9. The molecule has 0 aromatic heterocycles. The predicted octanol–water partition coefficient (Wildman–Crippen LogP) is 5.14. The van der Waals surface area contributed by atoms with Crippen LogP contribution in [-0.2, 0) is 9.47 Å². The molecule has 1 saturated heterocycles. The highest BCUT2D eigenvalue weighted by Crippen LogP contribution is 2.51. The van der Waals surface area contributed by atoms with E-state index in [-0.39, 0.29) is 5.92 Å². The number of ether oxygens (including phenoxy) is 2. The number of fused-ring (bicyclic) bond motifs is 5. The fraction of sp³-hybridized carbons (Fsp3) is 0.259. The molecule has 0 N–H and O–H groups in total. The van der Waals surface area contributed by atoms with Crippen molar-refractivity contribution in [2.45, 2.75) is 38.0 Å². The van der Waals surface area contributed by atoms with Gasteiger partial charge >= 0.3 is 11.9 Å². The number of carbonyl (C=O) groups excluding carboxylic acids is 2. The van der Waals surface area contributed by atoms with E-state index in [0.29, 0.717) is 23.6 Å². The SMILES string of the molecule is CC(C)c1cccc2c1C1CN2C(OC(=O)c2ccccc2)C1OC(=O)c1ccccc1. The van der Waals surface area contributed by atoms with E-state index in [1.165, 1.54) is 11.1 Å². The van der Waals surface area contributed by atoms with Gasteiger partial charge in [0.05, 0.1) is 11.1 Å². The van der Waals surface area contributed by atoms with Gasteiger partial charge in [-0.1, -0.05) is 62.4 Å². The van der Waals surface area contributed by atoms with E-state index in [2.05, 4.69) is 30.9 Å². The van der Waals surface area contributed by atoms with Crippen molar-refractivity contribution in [3.05, 3.63) is 101 Å². The molecule has 0 spiro atoms. The molecule has 3 unspecified atom stereocenters. The van der Waals surface area contributed by atoms with Crippen molar-refractivity contribution in [2.24, 2.45) is 0 Å². The highest BCUT2D eigenvalue weighted by atomic mass is 16.6. The Morgan fingerprint density at radius 1 is 0.812 bits per heavy atom. The van der Waals surface area contributed by atoms with Crippen LogP contribution in [0.1, 0.15) is 57.5 Å². The average molecular weight is 428 g/mol. The van der Waals surface area contributed by atoms with Gasteiger partial charge in [-0.15, -0.1) is 0 Å². The Bertz CT molecular complexity index is 1140. The van der Waals surface area contributed by atoms with Crippen molar-refractivity contribution in [2.75, 3.05) is 11.4 Å². The summed E-state index contributed by atoms with van der Waals surface area (Å²) in [6, 6.07) is 24.1. The van der Waals surface area contributed by atoms with Crippen LogP contribution in [-0.4, -0.2) is 30.8 Å². The van der Waals surface area contributed by atoms with Crippen LogP contribution in [0, 0.1) is 0 Å². The van der Waals surface area contributed by atoms with Crippen molar-refractivity contribution >= 4 is 17.6 Å². The van der Waals surface area contributed by atoms with Crippen LogP contribution in [0.2, 0.25) is 0 Å². The molecule has 32 heavy (non-hydrogen) atoms. The second-order valence-electron chi connectivity index (χ2n) is 8.59. The lowest BCUT2D eigenvalue weighted by atomic mass is 9.86. The maximum atomic E-state index is 12.9. The molecule has 1 fully saturated rings. The van der Waals surface area contributed by atoms with Gasteiger partial charge in [0.15, 0.2) is 6.10 Å². The van der Waals surface area contributed by atoms with E-state index >= 15 is 0 Å². The lowest BCUT2D eigenvalue weighted by molar-refractivity contribution is -0.0296. The van der Waals surface area contributed by atoms with Gasteiger partial charge < -0.3 is 14.4 Å². The topological polar surface area (TPSA) is 55.8 Å². The van der Waals surface area contributed by atoms with Gasteiger partial charge in [-0.05, 0) is 47.4 Å². The molecule has 2 aliphatic heterocycles. The number of anilines is 1. The largest absolute Gasteiger partial charge is 0.452 e. The molecule has 5 rings (SSSR count). The van der Waals surface area contributed by atoms with Crippen molar-refractivity contribution in [1.82, 2.24) is 0 Å². The third-order valence-corrected chi connectivity index (χ3v) is 6.29. The van der Waals surface area contributed by atoms with E-state index in [9.17, 15) is 9.59 Å². The molecule has 3 aromatic carbocycles. The molecule has 5 nitrogen and oxygen atoms in total. The van der Waals surface area contributed by atoms with Crippen LogP contribution in [0.4, 0.5) is 5.69 Å². The van der Waals surface area contributed by atoms with Gasteiger partial charge in [0.2, 0.25) is 6.23 Å². The summed E-state index contributed by atoms with van der Waals surface area (Å²) >= 11 is 0. The van der Waals surface area contributed by atoms with Crippen LogP contribution in [0.15, 0.2) is 78.9 Å². The van der Waals surface area contributed by atoms with E-state index in [1.54, 1.807) is 48.5 Å². The lowest BCUT2D eigenvalue weighted by Gasteiger charge is -2.34. The molecule has 0 amide bonds. The molecule has 2 heterocycles. The number of hydrogen-bond acceptors (Lipinski definition) is 5. The Kier molecular flexibility index (Phi) is 5.17. The average Bonchev–Trinajstić information content (AvgIpc) is 3.37. The first-order valence-electron chi connectivity index (χ1n) is 11.0. The van der Waals surface area contributed by atoms with Gasteiger partial charge in [0, 0.05) is 18.2 Å². The zero-order valence-electron chi connectivity index (χ0n) is 18.1. The van der Waals surface area contributed by atoms with Crippen LogP contribution < -0.4 is 4.90 Å². The van der Waals surface area contributed by atoms with Gasteiger partial charge in [0.1, 0.15) is 0 Å². The molecule has 5 heteroatoms. The first-order chi connectivity index (χ1) is 15.5.